The van der Waals surface area contributed by atoms with Crippen molar-refractivity contribution in [1.29, 1.82) is 0 Å². The molecule has 5 heterocycles. The lowest BCUT2D eigenvalue weighted by atomic mass is 10.0. The summed E-state index contributed by atoms with van der Waals surface area (Å²) in [6, 6.07) is 12.6. The highest BCUT2D eigenvalue weighted by atomic mass is 16.3. The maximum absolute atomic E-state index is 14.3. The van der Waals surface area contributed by atoms with Gasteiger partial charge in [0.15, 0.2) is 11.4 Å². The molecule has 0 aliphatic carbocycles. The second kappa shape index (κ2) is 15.3. The number of aromatic amines is 1. The van der Waals surface area contributed by atoms with E-state index < -0.39 is 53.8 Å². The fourth-order valence-electron chi connectivity index (χ4n) is 6.91. The van der Waals surface area contributed by atoms with Gasteiger partial charge in [0.05, 0.1) is 17.6 Å². The molecule has 1 fully saturated rings. The number of H-pyrrole nitrogens is 1. The van der Waals surface area contributed by atoms with Crippen molar-refractivity contribution < 1.29 is 32.8 Å². The van der Waals surface area contributed by atoms with Crippen molar-refractivity contribution in [3.8, 4) is 0 Å². The maximum atomic E-state index is 14.3. The average molecular weight is 736 g/mol. The quantitative estimate of drug-likeness (QED) is 0.165. The van der Waals surface area contributed by atoms with Crippen LogP contribution in [0.15, 0.2) is 76.0 Å². The van der Waals surface area contributed by atoms with Crippen LogP contribution in [0.4, 0.5) is 0 Å². The van der Waals surface area contributed by atoms with Gasteiger partial charge in [-0.1, -0.05) is 62.4 Å². The molecule has 0 saturated carbocycles. The van der Waals surface area contributed by atoms with Crippen LogP contribution in [-0.4, -0.2) is 79.3 Å². The lowest BCUT2D eigenvalue weighted by Gasteiger charge is -2.25. The molecule has 0 radical (unpaired) electrons. The Hall–Kier alpha value is -6.32. The molecule has 5 aromatic rings. The summed E-state index contributed by atoms with van der Waals surface area (Å²) in [6.45, 7) is 5.49. The number of amides is 5. The third kappa shape index (κ3) is 7.86. The number of oxazole rings is 2. The molecule has 5 N–H and O–H groups in total. The van der Waals surface area contributed by atoms with Gasteiger partial charge >= 0.3 is 0 Å². The number of carbonyl (C=O) groups is 5. The smallest absolute Gasteiger partial charge is 0.276 e. The largest absolute Gasteiger partial charge is 0.446 e. The Balaban J connectivity index is 1.20. The summed E-state index contributed by atoms with van der Waals surface area (Å²) in [5.41, 5.74) is 2.07. The lowest BCUT2D eigenvalue weighted by Crippen LogP contribution is -2.48. The second-order valence-electron chi connectivity index (χ2n) is 14.1. The summed E-state index contributed by atoms with van der Waals surface area (Å²) in [5, 5.41) is 19.6. The number of hydrogen-bond donors (Lipinski definition) is 5. The lowest BCUT2D eigenvalue weighted by molar-refractivity contribution is -0.126. The predicted octanol–water partition coefficient (Wildman–Crippen LogP) is 2.92. The van der Waals surface area contributed by atoms with E-state index in [1.54, 1.807) is 6.92 Å². The number of aromatic nitrogens is 4. The molecule has 1 saturated heterocycles. The van der Waals surface area contributed by atoms with Crippen LogP contribution in [0.2, 0.25) is 0 Å². The zero-order chi connectivity index (χ0) is 37.9. The van der Waals surface area contributed by atoms with Crippen molar-refractivity contribution in [1.82, 2.24) is 46.3 Å². The van der Waals surface area contributed by atoms with Crippen LogP contribution < -0.4 is 21.3 Å². The van der Waals surface area contributed by atoms with Gasteiger partial charge in [0, 0.05) is 24.4 Å². The van der Waals surface area contributed by atoms with Gasteiger partial charge in [-0.05, 0) is 37.3 Å². The maximum Gasteiger partial charge on any atom is 0.276 e. The van der Waals surface area contributed by atoms with Gasteiger partial charge < -0.3 is 35.0 Å². The van der Waals surface area contributed by atoms with E-state index >= 15 is 0 Å². The van der Waals surface area contributed by atoms with Gasteiger partial charge in [-0.25, -0.2) is 9.97 Å². The molecule has 5 amide bonds. The van der Waals surface area contributed by atoms with E-state index in [0.29, 0.717) is 12.1 Å². The molecule has 16 heteroatoms. The normalized spacial score (nSPS) is 22.3. The Bertz CT molecular complexity index is 2170. The number of hydrogen-bond acceptors (Lipinski definition) is 10. The van der Waals surface area contributed by atoms with E-state index in [-0.39, 0.29) is 60.8 Å². The van der Waals surface area contributed by atoms with E-state index in [1.165, 1.54) is 17.4 Å². The monoisotopic (exact) mass is 735 g/mol. The molecule has 2 aromatic carbocycles. The highest BCUT2D eigenvalue weighted by Crippen LogP contribution is 2.26. The molecular weight excluding hydrogens is 694 g/mol. The van der Waals surface area contributed by atoms with Gasteiger partial charge in [-0.3, -0.25) is 29.1 Å². The summed E-state index contributed by atoms with van der Waals surface area (Å²) in [4.78, 5) is 78.8. The summed E-state index contributed by atoms with van der Waals surface area (Å²) >= 11 is 0. The molecule has 7 rings (SSSR count). The first-order valence-corrected chi connectivity index (χ1v) is 17.9. The molecule has 3 aromatic heterocycles. The van der Waals surface area contributed by atoms with E-state index in [0.717, 1.165) is 16.5 Å². The predicted molar refractivity (Wildman–Crippen MR) is 192 cm³/mol. The molecule has 0 unspecified atom stereocenters. The summed E-state index contributed by atoms with van der Waals surface area (Å²) in [7, 11) is 0. The Kier molecular flexibility index (Phi) is 10.2. The minimum absolute atomic E-state index is 0.00439. The van der Waals surface area contributed by atoms with Crippen LogP contribution in [0.1, 0.15) is 89.7 Å². The van der Waals surface area contributed by atoms with Crippen molar-refractivity contribution in [2.45, 2.75) is 76.7 Å². The number of para-hydroxylation sites is 1. The molecule has 54 heavy (non-hydrogen) atoms. The van der Waals surface area contributed by atoms with Gasteiger partial charge in [-0.2, -0.15) is 5.10 Å². The second-order valence-corrected chi connectivity index (χ2v) is 14.1. The van der Waals surface area contributed by atoms with E-state index in [4.69, 9.17) is 8.83 Å². The highest BCUT2D eigenvalue weighted by molar-refractivity contribution is 5.97. The molecule has 5 atom stereocenters. The first-order valence-electron chi connectivity index (χ1n) is 17.9. The van der Waals surface area contributed by atoms with E-state index in [1.807, 2.05) is 68.4 Å². The fourth-order valence-corrected chi connectivity index (χ4v) is 6.91. The number of nitrogens with zero attached hydrogens (tertiary/aromatic N) is 4. The first-order chi connectivity index (χ1) is 26.0. The van der Waals surface area contributed by atoms with Gasteiger partial charge in [0.1, 0.15) is 36.7 Å². The SMILES string of the molecule is CC(C)C[C@H]1NC(=O)c2coc(n2)[C@H](Cc2ccccc2)NC(=O)[C@@H]2C[C@H](NC(=O)Cc3[nH]nc4ccccc34)CN2C(=O)c2coc(n2)[C@@H](C)NC1=O. The third-order valence-corrected chi connectivity index (χ3v) is 9.56. The van der Waals surface area contributed by atoms with E-state index in [9.17, 15) is 24.0 Å². The third-order valence-electron chi connectivity index (χ3n) is 9.56. The summed E-state index contributed by atoms with van der Waals surface area (Å²) in [6.07, 6.45) is 3.04. The molecule has 280 valence electrons. The van der Waals surface area contributed by atoms with Crippen LogP contribution in [0.5, 0.6) is 0 Å². The Morgan fingerprint density at radius 1 is 0.889 bits per heavy atom. The molecule has 16 nitrogen and oxygen atoms in total. The minimum atomic E-state index is -1.04. The van der Waals surface area contributed by atoms with Crippen LogP contribution in [0, 0.1) is 5.92 Å². The molecule has 2 aliphatic rings. The van der Waals surface area contributed by atoms with Crippen molar-refractivity contribution in [2.75, 3.05) is 6.54 Å². The van der Waals surface area contributed by atoms with Gasteiger partial charge in [-0.15, -0.1) is 0 Å². The van der Waals surface area contributed by atoms with Gasteiger partial charge in [0.2, 0.25) is 29.5 Å². The molecule has 0 spiro atoms. The highest BCUT2D eigenvalue weighted by Gasteiger charge is 2.42. The van der Waals surface area contributed by atoms with Gasteiger partial charge in [0.25, 0.3) is 11.8 Å². The fraction of sp³-hybridized carbons (Fsp3) is 0.368. The van der Waals surface area contributed by atoms with E-state index in [2.05, 4.69) is 41.4 Å². The number of benzene rings is 2. The molecular formula is C38H41N9O7. The summed E-state index contributed by atoms with van der Waals surface area (Å²) in [5.74, 6) is -2.37. The molecule has 4 bridgehead atoms. The first kappa shape index (κ1) is 36.1. The Labute approximate surface area is 309 Å². The number of rotatable bonds is 7. The standard InChI is InChI=1S/C38H41N9O7/c1-20(2)13-27-33(49)39-21(3)36-44-30(19-53-36)38(52)47-17-23(40-32(48)16-26-24-11-7-8-12-25(24)45-46-26)15-31(47)35(51)42-28(14-22-9-5-4-6-10-22)37-43-29(18-54-37)34(50)41-27/h4-12,18-21,23,27-28,31H,13-17H2,1-3H3,(H,39,49)(H,40,48)(H,41,50)(H,42,51)(H,45,46)/t21-,23+,27-,28+,31+/m1/s1. The topological polar surface area (TPSA) is 217 Å². The number of fused-ring (bicyclic) bond motifs is 6. The van der Waals surface area contributed by atoms with Crippen molar-refractivity contribution >= 4 is 40.4 Å². The van der Waals surface area contributed by atoms with Crippen molar-refractivity contribution in [3.63, 3.8) is 0 Å². The number of carbonyl (C=O) groups excluding carboxylic acids is 5. The number of nitrogens with one attached hydrogen (secondary N) is 5. The zero-order valence-electron chi connectivity index (χ0n) is 30.0. The molecule has 2 aliphatic heterocycles. The Morgan fingerprint density at radius 3 is 2.41 bits per heavy atom. The van der Waals surface area contributed by atoms with Crippen LogP contribution in [0.3, 0.4) is 0 Å². The summed E-state index contributed by atoms with van der Waals surface area (Å²) < 4.78 is 11.4. The van der Waals surface area contributed by atoms with Crippen LogP contribution in [-0.2, 0) is 27.2 Å². The van der Waals surface area contributed by atoms with Crippen molar-refractivity contribution in [2.24, 2.45) is 5.92 Å². The minimum Gasteiger partial charge on any atom is -0.446 e. The Morgan fingerprint density at radius 2 is 1.61 bits per heavy atom. The zero-order valence-corrected chi connectivity index (χ0v) is 30.0. The van der Waals surface area contributed by atoms with Crippen LogP contribution in [0.25, 0.3) is 10.9 Å². The average Bonchev–Trinajstić information content (AvgIpc) is 3.98. The van der Waals surface area contributed by atoms with Crippen molar-refractivity contribution in [3.05, 3.63) is 102 Å². The van der Waals surface area contributed by atoms with Crippen LogP contribution >= 0.6 is 0 Å².